The third kappa shape index (κ3) is 3.16. The zero-order valence-corrected chi connectivity index (χ0v) is 23.8. The number of carbonyl (C=O) groups excluding carboxylic acids is 1. The molecule has 9 atom stereocenters. The Balaban J connectivity index is 1.63. The third-order valence-electron chi connectivity index (χ3n) is 13.0. The fourth-order valence-corrected chi connectivity index (χ4v) is 11.4. The first-order chi connectivity index (χ1) is 16.5. The summed E-state index contributed by atoms with van der Waals surface area (Å²) >= 11 is 0. The van der Waals surface area contributed by atoms with Crippen molar-refractivity contribution < 1.29 is 14.7 Å². The van der Waals surface area contributed by atoms with E-state index in [0.717, 1.165) is 44.9 Å². The van der Waals surface area contributed by atoms with E-state index in [1.165, 1.54) is 5.57 Å². The number of fused-ring (bicyclic) bond motifs is 7. The van der Waals surface area contributed by atoms with E-state index in [4.69, 9.17) is 0 Å². The van der Waals surface area contributed by atoms with E-state index >= 15 is 0 Å². The van der Waals surface area contributed by atoms with Crippen molar-refractivity contribution in [3.8, 4) is 6.07 Å². The van der Waals surface area contributed by atoms with Crippen LogP contribution >= 0.6 is 0 Å². The summed E-state index contributed by atoms with van der Waals surface area (Å²) in [7, 11) is 0. The van der Waals surface area contributed by atoms with Crippen LogP contribution in [0.15, 0.2) is 11.1 Å². The molecule has 5 aliphatic rings. The zero-order chi connectivity index (χ0) is 26.6. The maximum atomic E-state index is 13.3. The molecule has 0 saturated heterocycles. The van der Waals surface area contributed by atoms with Crippen LogP contribution < -0.4 is 0 Å². The summed E-state index contributed by atoms with van der Waals surface area (Å²) in [5.74, 6) is 0.128. The fourth-order valence-electron chi connectivity index (χ4n) is 11.4. The molecule has 0 aromatic rings. The summed E-state index contributed by atoms with van der Waals surface area (Å²) in [5, 5.41) is 20.2. The lowest BCUT2D eigenvalue weighted by atomic mass is 9.33. The monoisotopic (exact) mass is 493 g/mol. The van der Waals surface area contributed by atoms with Gasteiger partial charge in [-0.1, -0.05) is 59.6 Å². The van der Waals surface area contributed by atoms with Crippen LogP contribution in [0.4, 0.5) is 0 Å². The van der Waals surface area contributed by atoms with Gasteiger partial charge in [0.1, 0.15) is 5.92 Å². The Morgan fingerprint density at radius 1 is 0.972 bits per heavy atom. The van der Waals surface area contributed by atoms with Crippen LogP contribution in [-0.4, -0.2) is 16.9 Å². The summed E-state index contributed by atoms with van der Waals surface area (Å²) in [5.41, 5.74) is 2.74. The molecule has 0 bridgehead atoms. The van der Waals surface area contributed by atoms with E-state index in [1.54, 1.807) is 5.57 Å². The first kappa shape index (κ1) is 26.0. The Hall–Kier alpha value is -1.63. The first-order valence-electron chi connectivity index (χ1n) is 14.4. The number of carbonyl (C=O) groups is 2. The first-order valence-corrected chi connectivity index (χ1v) is 14.4. The van der Waals surface area contributed by atoms with E-state index < -0.39 is 17.3 Å². The minimum absolute atomic E-state index is 0.0327. The SMILES string of the molecule is CC1=C2C3CC(C)(C)C[C@@H](C(=O)O)C3CCC2(C)C2(C)CCC3C(C)(C)C(=O)C(C#N)CC3(C)C2C1. The predicted octanol–water partition coefficient (Wildman–Crippen LogP) is 7.44. The number of carboxylic acids is 1. The standard InChI is InChI=1S/C32H47NO3/c1-18-13-24-30(6)14-19(17-33)26(34)29(4,5)23(30)10-12-31(24,7)32(8)11-9-20-21(25(18)32)15-28(2,3)16-22(20)27(35)36/h19-24H,9-16H2,1-8H3,(H,35,36)/t19?,20?,21?,22-,23?,24?,30?,31?,32?/m1/s1. The highest BCUT2D eigenvalue weighted by molar-refractivity contribution is 5.89. The summed E-state index contributed by atoms with van der Waals surface area (Å²) in [6.45, 7) is 18.5. The molecular formula is C32H47NO3. The number of hydrogen-bond donors (Lipinski definition) is 1. The number of rotatable bonds is 1. The smallest absolute Gasteiger partial charge is 0.306 e. The van der Waals surface area contributed by atoms with Gasteiger partial charge in [0, 0.05) is 5.41 Å². The number of carboxylic acid groups (broad SMARTS) is 1. The van der Waals surface area contributed by atoms with Crippen LogP contribution in [-0.2, 0) is 9.59 Å². The number of nitrogens with zero attached hydrogens (tertiary/aromatic N) is 1. The minimum atomic E-state index is -0.607. The van der Waals surface area contributed by atoms with Gasteiger partial charge in [0.05, 0.1) is 12.0 Å². The molecule has 0 aromatic carbocycles. The lowest BCUT2D eigenvalue weighted by Gasteiger charge is -2.71. The van der Waals surface area contributed by atoms with Crippen molar-refractivity contribution in [2.75, 3.05) is 0 Å². The van der Waals surface area contributed by atoms with Gasteiger partial charge in [-0.2, -0.15) is 5.26 Å². The number of allylic oxidation sites excluding steroid dienone is 2. The largest absolute Gasteiger partial charge is 0.481 e. The van der Waals surface area contributed by atoms with Crippen molar-refractivity contribution >= 4 is 11.8 Å². The number of nitriles is 1. The molecular weight excluding hydrogens is 446 g/mol. The molecule has 36 heavy (non-hydrogen) atoms. The second-order valence-electron chi connectivity index (χ2n) is 15.6. The van der Waals surface area contributed by atoms with Crippen LogP contribution in [0.25, 0.3) is 0 Å². The quantitative estimate of drug-likeness (QED) is 0.385. The normalized spacial score (nSPS) is 49.1. The maximum absolute atomic E-state index is 13.3. The van der Waals surface area contributed by atoms with Gasteiger partial charge < -0.3 is 5.11 Å². The van der Waals surface area contributed by atoms with Gasteiger partial charge in [-0.3, -0.25) is 9.59 Å². The molecule has 0 spiro atoms. The van der Waals surface area contributed by atoms with Crippen molar-refractivity contribution in [2.45, 2.75) is 107 Å². The van der Waals surface area contributed by atoms with Crippen LogP contribution in [0, 0.1) is 73.9 Å². The highest BCUT2D eigenvalue weighted by Crippen LogP contribution is 2.75. The number of ketones is 1. The average Bonchev–Trinajstić information content (AvgIpc) is 2.76. The molecule has 198 valence electrons. The number of hydrogen-bond acceptors (Lipinski definition) is 3. The molecule has 4 fully saturated rings. The van der Waals surface area contributed by atoms with E-state index in [2.05, 4.69) is 61.5 Å². The minimum Gasteiger partial charge on any atom is -0.481 e. The zero-order valence-electron chi connectivity index (χ0n) is 23.8. The highest BCUT2D eigenvalue weighted by Gasteiger charge is 2.69. The summed E-state index contributed by atoms with van der Waals surface area (Å²) in [4.78, 5) is 25.7. The van der Waals surface area contributed by atoms with Crippen LogP contribution in [0.2, 0.25) is 0 Å². The molecule has 5 rings (SSSR count). The van der Waals surface area contributed by atoms with Crippen molar-refractivity contribution in [1.82, 2.24) is 0 Å². The van der Waals surface area contributed by atoms with Crippen molar-refractivity contribution in [2.24, 2.45) is 62.6 Å². The highest BCUT2D eigenvalue weighted by atomic mass is 16.4. The molecule has 0 aromatic heterocycles. The summed E-state index contributed by atoms with van der Waals surface area (Å²) in [6, 6.07) is 2.40. The van der Waals surface area contributed by atoms with E-state index in [9.17, 15) is 20.0 Å². The molecule has 4 nitrogen and oxygen atoms in total. The van der Waals surface area contributed by atoms with Crippen LogP contribution in [0.1, 0.15) is 107 Å². The van der Waals surface area contributed by atoms with Gasteiger partial charge in [-0.15, -0.1) is 0 Å². The molecule has 5 aliphatic carbocycles. The van der Waals surface area contributed by atoms with Gasteiger partial charge in [0.15, 0.2) is 5.78 Å². The Kier molecular flexibility index (Phi) is 5.56. The Morgan fingerprint density at radius 2 is 1.64 bits per heavy atom. The van der Waals surface area contributed by atoms with Gasteiger partial charge in [-0.05, 0) is 104 Å². The predicted molar refractivity (Wildman–Crippen MR) is 141 cm³/mol. The van der Waals surface area contributed by atoms with Crippen molar-refractivity contribution in [3.05, 3.63) is 11.1 Å². The maximum Gasteiger partial charge on any atom is 0.306 e. The molecule has 0 radical (unpaired) electrons. The Bertz CT molecular complexity index is 1080. The topological polar surface area (TPSA) is 78.2 Å². The van der Waals surface area contributed by atoms with E-state index in [1.807, 2.05) is 0 Å². The summed E-state index contributed by atoms with van der Waals surface area (Å²) < 4.78 is 0. The van der Waals surface area contributed by atoms with Crippen LogP contribution in [0.5, 0.6) is 0 Å². The van der Waals surface area contributed by atoms with E-state index in [0.29, 0.717) is 24.2 Å². The van der Waals surface area contributed by atoms with Crippen molar-refractivity contribution in [1.29, 1.82) is 5.26 Å². The lowest BCUT2D eigenvalue weighted by molar-refractivity contribution is -0.189. The number of Topliss-reactive ketones (excluding diaryl/α,β-unsaturated/α-hetero) is 1. The van der Waals surface area contributed by atoms with E-state index in [-0.39, 0.29) is 39.3 Å². The summed E-state index contributed by atoms with van der Waals surface area (Å²) in [6.07, 6.45) is 7.80. The third-order valence-corrected chi connectivity index (χ3v) is 13.0. The molecule has 4 heteroatoms. The molecule has 8 unspecified atom stereocenters. The Morgan fingerprint density at radius 3 is 2.25 bits per heavy atom. The fraction of sp³-hybridized carbons (Fsp3) is 0.844. The van der Waals surface area contributed by atoms with Gasteiger partial charge >= 0.3 is 5.97 Å². The Labute approximate surface area is 218 Å². The van der Waals surface area contributed by atoms with Crippen LogP contribution in [0.3, 0.4) is 0 Å². The molecule has 1 N–H and O–H groups in total. The van der Waals surface area contributed by atoms with Gasteiger partial charge in [-0.25, -0.2) is 0 Å². The molecule has 0 aliphatic heterocycles. The lowest BCUT2D eigenvalue weighted by Crippen LogP contribution is -2.65. The van der Waals surface area contributed by atoms with Gasteiger partial charge in [0.2, 0.25) is 0 Å². The average molecular weight is 494 g/mol. The van der Waals surface area contributed by atoms with Gasteiger partial charge in [0.25, 0.3) is 0 Å². The molecule has 4 saturated carbocycles. The molecule has 0 heterocycles. The van der Waals surface area contributed by atoms with Crippen molar-refractivity contribution in [3.63, 3.8) is 0 Å². The molecule has 0 amide bonds. The second-order valence-corrected chi connectivity index (χ2v) is 15.6. The number of aliphatic carboxylic acids is 1. The second kappa shape index (κ2) is 7.70.